The van der Waals surface area contributed by atoms with Gasteiger partial charge in [-0.3, -0.25) is 9.52 Å². The van der Waals surface area contributed by atoms with Gasteiger partial charge in [0.1, 0.15) is 11.3 Å². The number of benzene rings is 2. The van der Waals surface area contributed by atoms with E-state index in [0.29, 0.717) is 5.56 Å². The average molecular weight is 349 g/mol. The Balaban J connectivity index is 2.48. The number of hydrogen-bond acceptors (Lipinski definition) is 5. The Morgan fingerprint density at radius 1 is 1.12 bits per heavy atom. The summed E-state index contributed by atoms with van der Waals surface area (Å²) in [6, 6.07) is 7.90. The molecule has 24 heavy (non-hydrogen) atoms. The Labute approximate surface area is 138 Å². The third-order valence-electron chi connectivity index (χ3n) is 3.33. The number of carboxylic acids is 1. The lowest BCUT2D eigenvalue weighted by atomic mass is 10.1. The number of rotatable bonds is 5. The average Bonchev–Trinajstić information content (AvgIpc) is 2.46. The first-order valence-corrected chi connectivity index (χ1v) is 8.31. The molecule has 0 fully saturated rings. The Kier molecular flexibility index (Phi) is 4.61. The maximum Gasteiger partial charge on any atom is 0.339 e. The van der Waals surface area contributed by atoms with Gasteiger partial charge in [-0.25, -0.2) is 13.2 Å². The summed E-state index contributed by atoms with van der Waals surface area (Å²) in [5, 5.41) is 18.6. The third kappa shape index (κ3) is 3.54. The highest BCUT2D eigenvalue weighted by molar-refractivity contribution is 7.92. The van der Waals surface area contributed by atoms with Crippen LogP contribution in [0.4, 0.5) is 5.69 Å². The molecular formula is C16H15NO6S. The van der Waals surface area contributed by atoms with Crippen LogP contribution in [0, 0.1) is 6.92 Å². The molecule has 3 N–H and O–H groups in total. The minimum absolute atomic E-state index is 0.173. The topological polar surface area (TPSA) is 121 Å². The number of Topliss-reactive ketones (excluding diaryl/α,β-unsaturated/α-hetero) is 1. The monoisotopic (exact) mass is 349 g/mol. The van der Waals surface area contributed by atoms with E-state index < -0.39 is 27.3 Å². The van der Waals surface area contributed by atoms with Crippen molar-refractivity contribution in [3.63, 3.8) is 0 Å². The van der Waals surface area contributed by atoms with E-state index in [0.717, 1.165) is 12.1 Å². The Hall–Kier alpha value is -2.87. The molecule has 0 aromatic heterocycles. The van der Waals surface area contributed by atoms with Crippen LogP contribution in [0.2, 0.25) is 0 Å². The molecule has 0 spiro atoms. The van der Waals surface area contributed by atoms with E-state index in [2.05, 4.69) is 4.72 Å². The van der Waals surface area contributed by atoms with Gasteiger partial charge in [-0.2, -0.15) is 0 Å². The number of carbonyl (C=O) groups is 2. The number of aryl methyl sites for hydroxylation is 1. The van der Waals surface area contributed by atoms with E-state index in [1.807, 2.05) is 0 Å². The maximum atomic E-state index is 12.5. The summed E-state index contributed by atoms with van der Waals surface area (Å²) in [6.07, 6.45) is 0. The minimum atomic E-state index is -4.09. The van der Waals surface area contributed by atoms with Gasteiger partial charge in [0.2, 0.25) is 0 Å². The molecule has 0 radical (unpaired) electrons. The summed E-state index contributed by atoms with van der Waals surface area (Å²) < 4.78 is 27.3. The summed E-state index contributed by atoms with van der Waals surface area (Å²) in [5.41, 5.74) is 0.182. The highest BCUT2D eigenvalue weighted by Crippen LogP contribution is 2.27. The van der Waals surface area contributed by atoms with Crippen LogP contribution in [0.1, 0.15) is 33.2 Å². The van der Waals surface area contributed by atoms with Crippen molar-refractivity contribution in [2.24, 2.45) is 0 Å². The van der Waals surface area contributed by atoms with Gasteiger partial charge >= 0.3 is 5.97 Å². The first-order chi connectivity index (χ1) is 11.1. The second-order valence-corrected chi connectivity index (χ2v) is 6.83. The highest BCUT2D eigenvalue weighted by Gasteiger charge is 2.22. The van der Waals surface area contributed by atoms with Gasteiger partial charge in [0.05, 0.1) is 4.90 Å². The lowest BCUT2D eigenvalue weighted by Crippen LogP contribution is -2.15. The minimum Gasteiger partial charge on any atom is -0.507 e. The van der Waals surface area contributed by atoms with Crippen molar-refractivity contribution >= 4 is 27.5 Å². The van der Waals surface area contributed by atoms with Gasteiger partial charge in [0.25, 0.3) is 10.0 Å². The van der Waals surface area contributed by atoms with Gasteiger partial charge in [-0.1, -0.05) is 12.1 Å². The number of phenols is 1. The van der Waals surface area contributed by atoms with Crippen molar-refractivity contribution in [2.75, 3.05) is 4.72 Å². The standard InChI is InChI=1S/C16H15NO6S/c1-9-6-14(19)13(16(20)21)8-15(9)24(22,23)17-12-5-3-4-11(7-12)10(2)18/h3-8,17,19H,1-2H3,(H,20,21). The van der Waals surface area contributed by atoms with Crippen molar-refractivity contribution in [3.05, 3.63) is 53.1 Å². The zero-order valence-corrected chi connectivity index (χ0v) is 13.7. The molecule has 0 saturated heterocycles. The van der Waals surface area contributed by atoms with Crippen LogP contribution in [0.15, 0.2) is 41.3 Å². The van der Waals surface area contributed by atoms with E-state index in [1.165, 1.54) is 32.0 Å². The summed E-state index contributed by atoms with van der Waals surface area (Å²) in [5.74, 6) is -2.18. The Morgan fingerprint density at radius 3 is 2.38 bits per heavy atom. The SMILES string of the molecule is CC(=O)c1cccc(NS(=O)(=O)c2cc(C(=O)O)c(O)cc2C)c1. The maximum absolute atomic E-state index is 12.5. The fraction of sp³-hybridized carbons (Fsp3) is 0.125. The first-order valence-electron chi connectivity index (χ1n) is 6.82. The zero-order valence-electron chi connectivity index (χ0n) is 12.9. The lowest BCUT2D eigenvalue weighted by molar-refractivity contribution is 0.0693. The van der Waals surface area contributed by atoms with Crippen molar-refractivity contribution in [2.45, 2.75) is 18.7 Å². The van der Waals surface area contributed by atoms with Crippen LogP contribution in [0.25, 0.3) is 0 Å². The molecule has 0 saturated carbocycles. The predicted octanol–water partition coefficient (Wildman–Crippen LogP) is 2.40. The van der Waals surface area contributed by atoms with E-state index in [1.54, 1.807) is 6.07 Å². The number of nitrogens with one attached hydrogen (secondary N) is 1. The number of ketones is 1. The van der Waals surface area contributed by atoms with Crippen LogP contribution in [0.5, 0.6) is 5.75 Å². The molecule has 0 aliphatic rings. The van der Waals surface area contributed by atoms with Crippen molar-refractivity contribution in [1.82, 2.24) is 0 Å². The summed E-state index contributed by atoms with van der Waals surface area (Å²) >= 11 is 0. The van der Waals surface area contributed by atoms with E-state index in [9.17, 15) is 23.1 Å². The predicted molar refractivity (Wildman–Crippen MR) is 87.1 cm³/mol. The first kappa shape index (κ1) is 17.5. The molecule has 0 aliphatic heterocycles. The number of carboxylic acid groups (broad SMARTS) is 1. The summed E-state index contributed by atoms with van der Waals surface area (Å²) in [7, 11) is -4.09. The van der Waals surface area contributed by atoms with E-state index in [-0.39, 0.29) is 21.9 Å². The second kappa shape index (κ2) is 6.32. The van der Waals surface area contributed by atoms with Gasteiger partial charge < -0.3 is 10.2 Å². The summed E-state index contributed by atoms with van der Waals surface area (Å²) in [6.45, 7) is 2.79. The number of hydrogen-bond donors (Lipinski definition) is 3. The quantitative estimate of drug-likeness (QED) is 0.713. The van der Waals surface area contributed by atoms with E-state index in [4.69, 9.17) is 5.11 Å². The molecule has 2 rings (SSSR count). The Bertz CT molecular complexity index is 934. The number of carbonyl (C=O) groups excluding carboxylic acids is 1. The van der Waals surface area contributed by atoms with Gasteiger partial charge in [-0.05, 0) is 43.7 Å². The summed E-state index contributed by atoms with van der Waals surface area (Å²) in [4.78, 5) is 22.2. The number of aromatic hydroxyl groups is 1. The number of aromatic carboxylic acids is 1. The molecule has 0 aliphatic carbocycles. The number of sulfonamides is 1. The largest absolute Gasteiger partial charge is 0.507 e. The van der Waals surface area contributed by atoms with Crippen LogP contribution in [-0.4, -0.2) is 30.4 Å². The fourth-order valence-corrected chi connectivity index (χ4v) is 3.45. The highest BCUT2D eigenvalue weighted by atomic mass is 32.2. The van der Waals surface area contributed by atoms with Gasteiger partial charge in [-0.15, -0.1) is 0 Å². The normalized spacial score (nSPS) is 11.1. The van der Waals surface area contributed by atoms with Gasteiger partial charge in [0, 0.05) is 11.3 Å². The van der Waals surface area contributed by atoms with Gasteiger partial charge in [0.15, 0.2) is 5.78 Å². The Morgan fingerprint density at radius 2 is 1.79 bits per heavy atom. The van der Waals surface area contributed by atoms with Crippen molar-refractivity contribution in [1.29, 1.82) is 0 Å². The molecule has 2 aromatic carbocycles. The molecule has 0 amide bonds. The van der Waals surface area contributed by atoms with E-state index >= 15 is 0 Å². The molecule has 8 heteroatoms. The molecule has 2 aromatic rings. The molecule has 126 valence electrons. The van der Waals surface area contributed by atoms with Crippen LogP contribution >= 0.6 is 0 Å². The molecule has 0 unspecified atom stereocenters. The third-order valence-corrected chi connectivity index (χ3v) is 4.86. The smallest absolute Gasteiger partial charge is 0.339 e. The van der Waals surface area contributed by atoms with Crippen LogP contribution in [-0.2, 0) is 10.0 Å². The second-order valence-electron chi connectivity index (χ2n) is 5.18. The molecule has 0 heterocycles. The van der Waals surface area contributed by atoms with Crippen LogP contribution in [0.3, 0.4) is 0 Å². The van der Waals surface area contributed by atoms with Crippen molar-refractivity contribution < 1.29 is 28.2 Å². The van der Waals surface area contributed by atoms with Crippen molar-refractivity contribution in [3.8, 4) is 5.75 Å². The number of anilines is 1. The van der Waals surface area contributed by atoms with Crippen LogP contribution < -0.4 is 4.72 Å². The lowest BCUT2D eigenvalue weighted by Gasteiger charge is -2.12. The zero-order chi connectivity index (χ0) is 18.1. The molecule has 0 bridgehead atoms. The fourth-order valence-electron chi connectivity index (χ4n) is 2.15. The molecule has 7 nitrogen and oxygen atoms in total. The molecular weight excluding hydrogens is 334 g/mol. The molecule has 0 atom stereocenters.